The van der Waals surface area contributed by atoms with Crippen molar-refractivity contribution in [2.45, 2.75) is 0 Å². The van der Waals surface area contributed by atoms with E-state index >= 15 is 0 Å². The average molecular weight is 257 g/mol. The summed E-state index contributed by atoms with van der Waals surface area (Å²) in [5.41, 5.74) is 2.86. The lowest BCUT2D eigenvalue weighted by Gasteiger charge is -2.03. The molecule has 5 heteroatoms. The minimum Gasteiger partial charge on any atom is -0.387 e. The monoisotopic (exact) mass is 257 g/mol. The van der Waals surface area contributed by atoms with E-state index in [1.54, 1.807) is 11.3 Å². The van der Waals surface area contributed by atoms with Crippen LogP contribution in [0.3, 0.4) is 0 Å². The maximum atomic E-state index is 5.32. The summed E-state index contributed by atoms with van der Waals surface area (Å²) in [5.74, 6) is 1.15. The number of hydrogen-bond donors (Lipinski definition) is 1. The van der Waals surface area contributed by atoms with E-state index in [-0.39, 0.29) is 0 Å². The summed E-state index contributed by atoms with van der Waals surface area (Å²) < 4.78 is 5.32. The number of para-hydroxylation sites is 1. The fraction of sp³-hybridized carbons (Fsp3) is 0.0769. The number of anilines is 1. The Morgan fingerprint density at radius 1 is 1.22 bits per heavy atom. The van der Waals surface area contributed by atoms with Crippen LogP contribution in [0, 0.1) is 0 Å². The van der Waals surface area contributed by atoms with E-state index in [1.165, 1.54) is 0 Å². The zero-order chi connectivity index (χ0) is 12.4. The number of thiophene rings is 1. The second kappa shape index (κ2) is 4.62. The van der Waals surface area contributed by atoms with Gasteiger partial charge >= 0.3 is 0 Å². The highest BCUT2D eigenvalue weighted by Crippen LogP contribution is 2.28. The fourth-order valence-electron chi connectivity index (χ4n) is 1.73. The van der Waals surface area contributed by atoms with Crippen molar-refractivity contribution in [2.24, 2.45) is 0 Å². The zero-order valence-electron chi connectivity index (χ0n) is 9.75. The first-order valence-corrected chi connectivity index (χ1v) is 6.46. The van der Waals surface area contributed by atoms with Crippen LogP contribution in [0.5, 0.6) is 0 Å². The Morgan fingerprint density at radius 2 is 2.11 bits per heavy atom. The molecule has 3 rings (SSSR count). The molecule has 0 aliphatic carbocycles. The van der Waals surface area contributed by atoms with E-state index < -0.39 is 0 Å². The molecule has 0 bridgehead atoms. The highest BCUT2D eigenvalue weighted by atomic mass is 32.1. The molecule has 3 aromatic rings. The summed E-state index contributed by atoms with van der Waals surface area (Å²) >= 11 is 1.61. The van der Waals surface area contributed by atoms with Crippen molar-refractivity contribution in [2.75, 3.05) is 12.4 Å². The zero-order valence-corrected chi connectivity index (χ0v) is 10.6. The summed E-state index contributed by atoms with van der Waals surface area (Å²) in [6.45, 7) is 0. The second-order valence-corrected chi connectivity index (χ2v) is 4.51. The average Bonchev–Trinajstić information content (AvgIpc) is 3.09. The first-order valence-electron chi connectivity index (χ1n) is 5.52. The van der Waals surface area contributed by atoms with Crippen LogP contribution in [-0.4, -0.2) is 17.2 Å². The van der Waals surface area contributed by atoms with Crippen molar-refractivity contribution in [3.05, 3.63) is 41.1 Å². The van der Waals surface area contributed by atoms with Crippen LogP contribution < -0.4 is 5.32 Å². The summed E-state index contributed by atoms with van der Waals surface area (Å²) in [4.78, 5) is 4.42. The summed E-state index contributed by atoms with van der Waals surface area (Å²) in [7, 11) is 1.87. The van der Waals surface area contributed by atoms with Gasteiger partial charge in [0, 0.05) is 23.7 Å². The molecule has 0 aliphatic rings. The molecule has 0 aliphatic heterocycles. The highest BCUT2D eigenvalue weighted by Gasteiger charge is 2.13. The van der Waals surface area contributed by atoms with Gasteiger partial charge in [-0.1, -0.05) is 17.3 Å². The van der Waals surface area contributed by atoms with Crippen molar-refractivity contribution < 1.29 is 4.52 Å². The number of nitrogens with one attached hydrogen (secondary N) is 1. The Kier molecular flexibility index (Phi) is 2.82. The van der Waals surface area contributed by atoms with Gasteiger partial charge in [-0.2, -0.15) is 16.3 Å². The molecule has 0 atom stereocenters. The Bertz CT molecular complexity index is 646. The van der Waals surface area contributed by atoms with Crippen molar-refractivity contribution in [1.82, 2.24) is 10.1 Å². The molecular formula is C13H11N3OS. The minimum atomic E-state index is 0.529. The number of aromatic nitrogens is 2. The predicted molar refractivity (Wildman–Crippen MR) is 72.6 cm³/mol. The number of hydrogen-bond acceptors (Lipinski definition) is 5. The van der Waals surface area contributed by atoms with Gasteiger partial charge in [0.25, 0.3) is 5.89 Å². The van der Waals surface area contributed by atoms with Gasteiger partial charge in [-0.3, -0.25) is 0 Å². The maximum absolute atomic E-state index is 5.32. The van der Waals surface area contributed by atoms with Crippen molar-refractivity contribution in [3.63, 3.8) is 0 Å². The maximum Gasteiger partial charge on any atom is 0.260 e. The first kappa shape index (κ1) is 11.0. The molecule has 90 valence electrons. The number of benzene rings is 1. The molecule has 1 N–H and O–H groups in total. The third-order valence-electron chi connectivity index (χ3n) is 2.63. The quantitative estimate of drug-likeness (QED) is 0.780. The molecule has 0 saturated heterocycles. The van der Waals surface area contributed by atoms with Gasteiger partial charge in [0.1, 0.15) is 0 Å². The number of nitrogens with zero attached hydrogens (tertiary/aromatic N) is 2. The summed E-state index contributed by atoms with van der Waals surface area (Å²) in [5, 5.41) is 11.1. The van der Waals surface area contributed by atoms with Gasteiger partial charge in [0.05, 0.1) is 5.56 Å². The molecule has 4 nitrogen and oxygen atoms in total. The summed E-state index contributed by atoms with van der Waals surface area (Å²) in [6.07, 6.45) is 0. The molecule has 2 aromatic heterocycles. The minimum absolute atomic E-state index is 0.529. The Morgan fingerprint density at radius 3 is 2.89 bits per heavy atom. The lowest BCUT2D eigenvalue weighted by Crippen LogP contribution is -1.91. The van der Waals surface area contributed by atoms with Crippen molar-refractivity contribution in [3.8, 4) is 22.8 Å². The molecule has 18 heavy (non-hydrogen) atoms. The van der Waals surface area contributed by atoms with E-state index in [1.807, 2.05) is 48.1 Å². The van der Waals surface area contributed by atoms with Crippen molar-refractivity contribution >= 4 is 17.0 Å². The van der Waals surface area contributed by atoms with Gasteiger partial charge < -0.3 is 9.84 Å². The van der Waals surface area contributed by atoms with E-state index in [0.717, 1.165) is 16.8 Å². The molecule has 2 heterocycles. The molecule has 0 spiro atoms. The normalized spacial score (nSPS) is 10.5. The largest absolute Gasteiger partial charge is 0.387 e. The van der Waals surface area contributed by atoms with Crippen LogP contribution in [0.15, 0.2) is 45.6 Å². The van der Waals surface area contributed by atoms with Crippen LogP contribution in [0.1, 0.15) is 0 Å². The molecule has 0 unspecified atom stereocenters. The van der Waals surface area contributed by atoms with E-state index in [4.69, 9.17) is 4.52 Å². The SMILES string of the molecule is CNc1ccccc1-c1nc(-c2ccsc2)no1. The van der Waals surface area contributed by atoms with Gasteiger partial charge in [-0.05, 0) is 23.6 Å². The molecule has 0 radical (unpaired) electrons. The van der Waals surface area contributed by atoms with Gasteiger partial charge in [-0.25, -0.2) is 0 Å². The Labute approximate surface area is 108 Å². The van der Waals surface area contributed by atoms with Crippen LogP contribution in [0.4, 0.5) is 5.69 Å². The molecule has 0 fully saturated rings. The third kappa shape index (κ3) is 1.89. The molecule has 0 saturated carbocycles. The Balaban J connectivity index is 2.03. The molecular weight excluding hydrogens is 246 g/mol. The first-order chi connectivity index (χ1) is 8.88. The number of rotatable bonds is 3. The van der Waals surface area contributed by atoms with E-state index in [2.05, 4.69) is 15.5 Å². The topological polar surface area (TPSA) is 51.0 Å². The fourth-order valence-corrected chi connectivity index (χ4v) is 2.36. The Hall–Kier alpha value is -2.14. The third-order valence-corrected chi connectivity index (χ3v) is 3.32. The highest BCUT2D eigenvalue weighted by molar-refractivity contribution is 7.08. The van der Waals surface area contributed by atoms with E-state index in [0.29, 0.717) is 11.7 Å². The van der Waals surface area contributed by atoms with Crippen LogP contribution in [0.25, 0.3) is 22.8 Å². The standard InChI is InChI=1S/C13H11N3OS/c1-14-11-5-3-2-4-10(11)13-15-12(16-17-13)9-6-7-18-8-9/h2-8,14H,1H3. The van der Waals surface area contributed by atoms with E-state index in [9.17, 15) is 0 Å². The van der Waals surface area contributed by atoms with Gasteiger partial charge in [0.2, 0.25) is 5.82 Å². The van der Waals surface area contributed by atoms with Gasteiger partial charge in [-0.15, -0.1) is 0 Å². The summed E-state index contributed by atoms with van der Waals surface area (Å²) in [6, 6.07) is 9.82. The van der Waals surface area contributed by atoms with Crippen LogP contribution >= 0.6 is 11.3 Å². The second-order valence-electron chi connectivity index (χ2n) is 3.73. The predicted octanol–water partition coefficient (Wildman–Crippen LogP) is 3.51. The smallest absolute Gasteiger partial charge is 0.260 e. The van der Waals surface area contributed by atoms with Crippen molar-refractivity contribution in [1.29, 1.82) is 0 Å². The van der Waals surface area contributed by atoms with Gasteiger partial charge in [0.15, 0.2) is 0 Å². The molecule has 1 aromatic carbocycles. The lowest BCUT2D eigenvalue weighted by atomic mass is 10.2. The van der Waals surface area contributed by atoms with Crippen LogP contribution in [-0.2, 0) is 0 Å². The lowest BCUT2D eigenvalue weighted by molar-refractivity contribution is 0.432. The van der Waals surface area contributed by atoms with Crippen LogP contribution in [0.2, 0.25) is 0 Å². The molecule has 0 amide bonds.